The van der Waals surface area contributed by atoms with Crippen LogP contribution in [-0.2, 0) is 0 Å². The van der Waals surface area contributed by atoms with E-state index in [-0.39, 0.29) is 6.10 Å². The molecule has 4 aliphatic rings. The van der Waals surface area contributed by atoms with E-state index in [4.69, 9.17) is 0 Å². The minimum absolute atomic E-state index is 0.0248. The van der Waals surface area contributed by atoms with Crippen LogP contribution in [0.2, 0.25) is 0 Å². The van der Waals surface area contributed by atoms with Gasteiger partial charge in [0.1, 0.15) is 0 Å². The maximum atomic E-state index is 10.2. The smallest absolute Gasteiger partial charge is 0.0591 e. The van der Waals surface area contributed by atoms with Crippen LogP contribution < -0.4 is 0 Å². The Hall–Kier alpha value is -0.0800. The predicted octanol–water partition coefficient (Wildman–Crippen LogP) is 7.36. The van der Waals surface area contributed by atoms with Crippen molar-refractivity contribution in [1.82, 2.24) is 0 Å². The summed E-state index contributed by atoms with van der Waals surface area (Å²) in [7, 11) is 0. The summed E-state index contributed by atoms with van der Waals surface area (Å²) in [5.74, 6) is 4.53. The van der Waals surface area contributed by atoms with Gasteiger partial charge >= 0.3 is 0 Å². The minimum atomic E-state index is -0.498. The zero-order chi connectivity index (χ0) is 22.2. The average Bonchev–Trinajstić information content (AvgIpc) is 3.03. The van der Waals surface area contributed by atoms with Crippen molar-refractivity contribution in [3.05, 3.63) is 0 Å². The largest absolute Gasteiger partial charge is 0.393 e. The van der Waals surface area contributed by atoms with E-state index < -0.39 is 5.60 Å². The third-order valence-corrected chi connectivity index (χ3v) is 10.4. The Labute approximate surface area is 187 Å². The number of hydrogen-bond acceptors (Lipinski definition) is 2. The van der Waals surface area contributed by atoms with Crippen LogP contribution in [0, 0.1) is 40.4 Å². The fourth-order valence-corrected chi connectivity index (χ4v) is 8.77. The van der Waals surface area contributed by atoms with Crippen molar-refractivity contribution in [2.24, 2.45) is 40.4 Å². The van der Waals surface area contributed by atoms with Gasteiger partial charge < -0.3 is 10.2 Å². The van der Waals surface area contributed by atoms with Gasteiger partial charge in [0.2, 0.25) is 0 Å². The molecule has 4 aliphatic carbocycles. The van der Waals surface area contributed by atoms with Crippen LogP contribution in [0.25, 0.3) is 0 Å². The first kappa shape index (κ1) is 24.6. The van der Waals surface area contributed by atoms with E-state index >= 15 is 0 Å². The summed E-state index contributed by atoms with van der Waals surface area (Å²) < 4.78 is 0. The molecule has 8 atom stereocenters. The predicted molar refractivity (Wildman–Crippen MR) is 127 cm³/mol. The fraction of sp³-hybridized carbons (Fsp3) is 1.00. The standard InChI is InChI=1S/C26H46O2.C2H6/c1-24(2,28)14-6-5-7-18-9-11-22-21-10-8-19-17-20(27)12-15-26(19,4)23(21)13-16-25(18,22)3;1-2/h18-23,27-28H,5-17H2,1-4H3;1-2H3/t18?,19?,20-,21-,22?,23?,25+,26?;/m0./s1. The molecule has 4 fully saturated rings. The van der Waals surface area contributed by atoms with Gasteiger partial charge in [0.05, 0.1) is 11.7 Å². The SMILES string of the molecule is CC.CC(C)(O)CCCCC1CCC2[C@@H]3CCC4C[C@@H](O)CCC4(C)C3CC[C@]12C. The highest BCUT2D eigenvalue weighted by atomic mass is 16.3. The van der Waals surface area contributed by atoms with Crippen LogP contribution in [0.3, 0.4) is 0 Å². The van der Waals surface area contributed by atoms with Crippen molar-refractivity contribution in [2.75, 3.05) is 0 Å². The summed E-state index contributed by atoms with van der Waals surface area (Å²) in [4.78, 5) is 0. The molecule has 0 spiro atoms. The molecule has 176 valence electrons. The molecule has 0 heterocycles. The molecule has 4 saturated carbocycles. The monoisotopic (exact) mass is 420 g/mol. The number of rotatable bonds is 5. The lowest BCUT2D eigenvalue weighted by Gasteiger charge is -2.61. The van der Waals surface area contributed by atoms with Crippen LogP contribution in [-0.4, -0.2) is 21.9 Å². The Bertz CT molecular complexity index is 551. The van der Waals surface area contributed by atoms with E-state index in [0.29, 0.717) is 10.8 Å². The Morgan fingerprint density at radius 1 is 0.833 bits per heavy atom. The normalized spacial score (nSPS) is 45.6. The molecule has 2 heteroatoms. The summed E-state index contributed by atoms with van der Waals surface area (Å²) in [6, 6.07) is 0. The Morgan fingerprint density at radius 2 is 1.50 bits per heavy atom. The van der Waals surface area contributed by atoms with Crippen molar-refractivity contribution in [3.8, 4) is 0 Å². The van der Waals surface area contributed by atoms with Gasteiger partial charge in [-0.3, -0.25) is 0 Å². The zero-order valence-corrected chi connectivity index (χ0v) is 21.1. The zero-order valence-electron chi connectivity index (χ0n) is 21.1. The molecule has 0 aromatic carbocycles. The highest BCUT2D eigenvalue weighted by Crippen LogP contribution is 2.67. The lowest BCUT2D eigenvalue weighted by molar-refractivity contribution is -0.127. The number of hydrogen-bond donors (Lipinski definition) is 2. The maximum absolute atomic E-state index is 10.2. The maximum Gasteiger partial charge on any atom is 0.0591 e. The van der Waals surface area contributed by atoms with Gasteiger partial charge in [-0.1, -0.05) is 40.5 Å². The Balaban J connectivity index is 0.00000124. The van der Waals surface area contributed by atoms with Gasteiger partial charge in [-0.2, -0.15) is 0 Å². The summed E-state index contributed by atoms with van der Waals surface area (Å²) in [5, 5.41) is 20.2. The fourth-order valence-electron chi connectivity index (χ4n) is 8.77. The highest BCUT2D eigenvalue weighted by Gasteiger charge is 2.59. The first-order valence-electron chi connectivity index (χ1n) is 13.5. The first-order valence-corrected chi connectivity index (χ1v) is 13.5. The molecule has 0 aliphatic heterocycles. The molecule has 4 rings (SSSR count). The van der Waals surface area contributed by atoms with E-state index in [1.165, 1.54) is 64.2 Å². The van der Waals surface area contributed by atoms with Gasteiger partial charge in [-0.05, 0) is 125 Å². The second-order valence-electron chi connectivity index (χ2n) is 12.5. The molecule has 0 saturated heterocycles. The molecule has 2 nitrogen and oxygen atoms in total. The van der Waals surface area contributed by atoms with E-state index in [0.717, 1.165) is 48.9 Å². The topological polar surface area (TPSA) is 40.5 Å². The molecule has 30 heavy (non-hydrogen) atoms. The van der Waals surface area contributed by atoms with Crippen LogP contribution in [0.4, 0.5) is 0 Å². The van der Waals surface area contributed by atoms with Crippen molar-refractivity contribution in [3.63, 3.8) is 0 Å². The molecule has 2 N–H and O–H groups in total. The molecule has 5 unspecified atom stereocenters. The van der Waals surface area contributed by atoms with Gasteiger partial charge in [0.15, 0.2) is 0 Å². The summed E-state index contributed by atoms with van der Waals surface area (Å²) in [6.45, 7) is 13.2. The summed E-state index contributed by atoms with van der Waals surface area (Å²) in [6.07, 6.45) is 16.8. The molecule has 0 radical (unpaired) electrons. The number of unbranched alkanes of at least 4 members (excludes halogenated alkanes) is 1. The lowest BCUT2D eigenvalue weighted by Crippen LogP contribution is -2.53. The summed E-state index contributed by atoms with van der Waals surface area (Å²) >= 11 is 0. The molecular weight excluding hydrogens is 368 g/mol. The molecule has 0 bridgehead atoms. The number of aliphatic hydroxyl groups is 2. The van der Waals surface area contributed by atoms with Crippen LogP contribution >= 0.6 is 0 Å². The number of aliphatic hydroxyl groups excluding tert-OH is 1. The lowest BCUT2D eigenvalue weighted by atomic mass is 9.44. The van der Waals surface area contributed by atoms with Crippen molar-refractivity contribution in [1.29, 1.82) is 0 Å². The molecule has 0 amide bonds. The van der Waals surface area contributed by atoms with Crippen molar-refractivity contribution >= 4 is 0 Å². The Morgan fingerprint density at radius 3 is 2.20 bits per heavy atom. The Kier molecular flexibility index (Phi) is 7.71. The second kappa shape index (κ2) is 9.42. The van der Waals surface area contributed by atoms with E-state index in [1.807, 2.05) is 27.7 Å². The minimum Gasteiger partial charge on any atom is -0.393 e. The van der Waals surface area contributed by atoms with Crippen LogP contribution in [0.5, 0.6) is 0 Å². The third-order valence-electron chi connectivity index (χ3n) is 10.4. The van der Waals surface area contributed by atoms with Crippen LogP contribution in [0.15, 0.2) is 0 Å². The van der Waals surface area contributed by atoms with Gasteiger partial charge in [0.25, 0.3) is 0 Å². The molecular formula is C28H52O2. The van der Waals surface area contributed by atoms with E-state index in [1.54, 1.807) is 0 Å². The van der Waals surface area contributed by atoms with Gasteiger partial charge in [-0.15, -0.1) is 0 Å². The van der Waals surface area contributed by atoms with Crippen LogP contribution in [0.1, 0.15) is 125 Å². The van der Waals surface area contributed by atoms with E-state index in [2.05, 4.69) is 13.8 Å². The molecule has 0 aromatic rings. The van der Waals surface area contributed by atoms with Gasteiger partial charge in [-0.25, -0.2) is 0 Å². The van der Waals surface area contributed by atoms with E-state index in [9.17, 15) is 10.2 Å². The number of fused-ring (bicyclic) bond motifs is 5. The second-order valence-corrected chi connectivity index (χ2v) is 12.5. The summed E-state index contributed by atoms with van der Waals surface area (Å²) in [5.41, 5.74) is 0.587. The average molecular weight is 421 g/mol. The molecule has 0 aromatic heterocycles. The quantitative estimate of drug-likeness (QED) is 0.456. The highest BCUT2D eigenvalue weighted by molar-refractivity contribution is 5.09. The van der Waals surface area contributed by atoms with Crippen molar-refractivity contribution < 1.29 is 10.2 Å². The van der Waals surface area contributed by atoms with Crippen molar-refractivity contribution in [2.45, 2.75) is 137 Å². The first-order chi connectivity index (χ1) is 14.1. The van der Waals surface area contributed by atoms with Gasteiger partial charge in [0, 0.05) is 0 Å². The third kappa shape index (κ3) is 4.66.